The maximum Gasteiger partial charge on any atom is 0.326 e. The molecule has 5 N–H and O–H groups in total. The van der Waals surface area contributed by atoms with Crippen molar-refractivity contribution in [1.82, 2.24) is 5.32 Å². The number of nitrogens with two attached hydrogens (primary N) is 1. The quantitative estimate of drug-likeness (QED) is 0.572. The number of aromatic hydroxyl groups is 1. The molecular weight excluding hydrogens is 272 g/mol. The molecule has 0 aliphatic rings. The number of carboxylic acids is 1. The van der Waals surface area contributed by atoms with Crippen LogP contribution in [0.1, 0.15) is 31.7 Å². The highest BCUT2D eigenvalue weighted by Gasteiger charge is 2.21. The van der Waals surface area contributed by atoms with Crippen LogP contribution in [0.15, 0.2) is 24.3 Å². The topological polar surface area (TPSA) is 113 Å². The molecule has 0 saturated heterocycles. The average Bonchev–Trinajstić information content (AvgIpc) is 2.40. The number of amides is 1. The lowest BCUT2D eigenvalue weighted by Crippen LogP contribution is -2.44. The van der Waals surface area contributed by atoms with E-state index >= 15 is 0 Å². The summed E-state index contributed by atoms with van der Waals surface area (Å²) in [6.45, 7) is 1.97. The zero-order valence-electron chi connectivity index (χ0n) is 12.1. The van der Waals surface area contributed by atoms with E-state index in [1.54, 1.807) is 12.1 Å². The van der Waals surface area contributed by atoms with Gasteiger partial charge in [0.05, 0.1) is 0 Å². The van der Waals surface area contributed by atoms with Crippen molar-refractivity contribution >= 4 is 11.9 Å². The summed E-state index contributed by atoms with van der Waals surface area (Å²) in [7, 11) is 0. The first-order valence-corrected chi connectivity index (χ1v) is 6.98. The molecule has 0 heterocycles. The van der Waals surface area contributed by atoms with Crippen molar-refractivity contribution in [3.8, 4) is 5.75 Å². The largest absolute Gasteiger partial charge is 0.508 e. The van der Waals surface area contributed by atoms with Crippen molar-refractivity contribution in [2.75, 3.05) is 0 Å². The predicted octanol–water partition coefficient (Wildman–Crippen LogP) is 1.02. The minimum Gasteiger partial charge on any atom is -0.508 e. The SMILES string of the molecule is CCCC(N)CC(=O)NC(Cc1ccc(O)cc1)C(=O)O. The lowest BCUT2D eigenvalue weighted by Gasteiger charge is -2.16. The van der Waals surface area contributed by atoms with Gasteiger partial charge in [-0.05, 0) is 24.1 Å². The monoisotopic (exact) mass is 294 g/mol. The van der Waals surface area contributed by atoms with Gasteiger partial charge >= 0.3 is 5.97 Å². The molecule has 2 unspecified atom stereocenters. The standard InChI is InChI=1S/C15H22N2O4/c1-2-3-11(16)9-14(19)17-13(15(20)21)8-10-4-6-12(18)7-5-10/h4-7,11,13,18H,2-3,8-9,16H2,1H3,(H,17,19)(H,20,21). The van der Waals surface area contributed by atoms with Crippen LogP contribution < -0.4 is 11.1 Å². The molecule has 0 spiro atoms. The molecule has 0 fully saturated rings. The van der Waals surface area contributed by atoms with Crippen molar-refractivity contribution in [2.24, 2.45) is 5.73 Å². The Morgan fingerprint density at radius 1 is 1.29 bits per heavy atom. The molecule has 1 rings (SSSR count). The Morgan fingerprint density at radius 3 is 2.43 bits per heavy atom. The number of hydrogen-bond acceptors (Lipinski definition) is 4. The van der Waals surface area contributed by atoms with Crippen molar-refractivity contribution in [3.63, 3.8) is 0 Å². The van der Waals surface area contributed by atoms with Gasteiger partial charge in [0, 0.05) is 18.9 Å². The van der Waals surface area contributed by atoms with Gasteiger partial charge in [-0.3, -0.25) is 4.79 Å². The summed E-state index contributed by atoms with van der Waals surface area (Å²) in [5.41, 5.74) is 6.49. The van der Waals surface area contributed by atoms with Crippen molar-refractivity contribution in [3.05, 3.63) is 29.8 Å². The Kier molecular flexibility index (Phi) is 6.68. The molecule has 0 aliphatic heterocycles. The van der Waals surface area contributed by atoms with Gasteiger partial charge in [0.15, 0.2) is 0 Å². The Morgan fingerprint density at radius 2 is 1.90 bits per heavy atom. The van der Waals surface area contributed by atoms with E-state index in [4.69, 9.17) is 5.73 Å². The Hall–Kier alpha value is -2.08. The fourth-order valence-corrected chi connectivity index (χ4v) is 2.03. The van der Waals surface area contributed by atoms with Crippen molar-refractivity contribution in [2.45, 2.75) is 44.7 Å². The number of carbonyl (C=O) groups excluding carboxylic acids is 1. The highest BCUT2D eigenvalue weighted by molar-refractivity contribution is 5.84. The lowest BCUT2D eigenvalue weighted by atomic mass is 10.0. The zero-order valence-corrected chi connectivity index (χ0v) is 12.1. The van der Waals surface area contributed by atoms with Gasteiger partial charge in [-0.15, -0.1) is 0 Å². The van der Waals surface area contributed by atoms with Gasteiger partial charge in [0.1, 0.15) is 11.8 Å². The van der Waals surface area contributed by atoms with Gasteiger partial charge in [-0.25, -0.2) is 4.79 Å². The Labute approximate surface area is 124 Å². The van der Waals surface area contributed by atoms with Crippen LogP contribution >= 0.6 is 0 Å². The van der Waals surface area contributed by atoms with E-state index in [1.165, 1.54) is 12.1 Å². The molecule has 1 aromatic carbocycles. The van der Waals surface area contributed by atoms with Crippen LogP contribution in [0.25, 0.3) is 0 Å². The minimum atomic E-state index is -1.10. The van der Waals surface area contributed by atoms with Crippen molar-refractivity contribution < 1.29 is 19.8 Å². The van der Waals surface area contributed by atoms with E-state index in [0.717, 1.165) is 18.4 Å². The smallest absolute Gasteiger partial charge is 0.326 e. The minimum absolute atomic E-state index is 0.111. The molecule has 0 radical (unpaired) electrons. The normalized spacial score (nSPS) is 13.4. The van der Waals surface area contributed by atoms with Crippen LogP contribution in [0.3, 0.4) is 0 Å². The number of nitrogens with one attached hydrogen (secondary N) is 1. The number of aliphatic carboxylic acids is 1. The second-order valence-corrected chi connectivity index (χ2v) is 5.08. The average molecular weight is 294 g/mol. The van der Waals surface area contributed by atoms with Crippen LogP contribution in [-0.4, -0.2) is 34.2 Å². The van der Waals surface area contributed by atoms with Gasteiger partial charge in [-0.1, -0.05) is 25.5 Å². The van der Waals surface area contributed by atoms with Crippen LogP contribution in [0.2, 0.25) is 0 Å². The molecule has 0 aromatic heterocycles. The highest BCUT2D eigenvalue weighted by Crippen LogP contribution is 2.11. The van der Waals surface area contributed by atoms with E-state index in [9.17, 15) is 19.8 Å². The van der Waals surface area contributed by atoms with Gasteiger partial charge in [-0.2, -0.15) is 0 Å². The first kappa shape index (κ1) is 17.0. The predicted molar refractivity (Wildman–Crippen MR) is 78.9 cm³/mol. The van der Waals surface area contributed by atoms with Gasteiger partial charge in [0.25, 0.3) is 0 Å². The summed E-state index contributed by atoms with van der Waals surface area (Å²) in [5, 5.41) is 20.9. The van der Waals surface area contributed by atoms with Gasteiger partial charge < -0.3 is 21.3 Å². The number of hydrogen-bond donors (Lipinski definition) is 4. The van der Waals surface area contributed by atoms with E-state index in [2.05, 4.69) is 5.32 Å². The molecule has 6 nitrogen and oxygen atoms in total. The number of carboxylic acid groups (broad SMARTS) is 1. The Balaban J connectivity index is 2.59. The molecule has 0 saturated carbocycles. The Bertz CT molecular complexity index is 473. The zero-order chi connectivity index (χ0) is 15.8. The second kappa shape index (κ2) is 8.26. The maximum atomic E-state index is 11.8. The van der Waals surface area contributed by atoms with Crippen molar-refractivity contribution in [1.29, 1.82) is 0 Å². The summed E-state index contributed by atoms with van der Waals surface area (Å²) >= 11 is 0. The molecule has 2 atom stereocenters. The molecule has 0 aliphatic carbocycles. The highest BCUT2D eigenvalue weighted by atomic mass is 16.4. The van der Waals surface area contributed by atoms with E-state index in [0.29, 0.717) is 0 Å². The lowest BCUT2D eigenvalue weighted by molar-refractivity contribution is -0.141. The summed E-state index contributed by atoms with van der Waals surface area (Å²) in [6, 6.07) is 4.95. The summed E-state index contributed by atoms with van der Waals surface area (Å²) in [6.07, 6.45) is 1.88. The third kappa shape index (κ3) is 6.27. The first-order valence-electron chi connectivity index (χ1n) is 6.98. The molecule has 0 bridgehead atoms. The summed E-state index contributed by atoms with van der Waals surface area (Å²) in [4.78, 5) is 23.0. The molecule has 21 heavy (non-hydrogen) atoms. The fourth-order valence-electron chi connectivity index (χ4n) is 2.03. The number of carbonyl (C=O) groups is 2. The maximum absolute atomic E-state index is 11.8. The summed E-state index contributed by atoms with van der Waals surface area (Å²) in [5.74, 6) is -1.34. The molecule has 6 heteroatoms. The van der Waals surface area contributed by atoms with Gasteiger partial charge in [0.2, 0.25) is 5.91 Å². The van der Waals surface area contributed by atoms with E-state index in [1.807, 2.05) is 6.92 Å². The second-order valence-electron chi connectivity index (χ2n) is 5.08. The summed E-state index contributed by atoms with van der Waals surface area (Å²) < 4.78 is 0. The van der Waals surface area contributed by atoms with E-state index < -0.39 is 12.0 Å². The third-order valence-corrected chi connectivity index (χ3v) is 3.12. The third-order valence-electron chi connectivity index (χ3n) is 3.12. The van der Waals surface area contributed by atoms with Crippen LogP contribution in [0.5, 0.6) is 5.75 Å². The molecular formula is C15H22N2O4. The number of rotatable bonds is 8. The number of phenolic OH excluding ortho intramolecular Hbond substituents is 1. The van der Waals surface area contributed by atoms with Crippen LogP contribution in [0.4, 0.5) is 0 Å². The van der Waals surface area contributed by atoms with E-state index in [-0.39, 0.29) is 30.5 Å². The fraction of sp³-hybridized carbons (Fsp3) is 0.467. The number of phenols is 1. The molecule has 1 amide bonds. The molecule has 116 valence electrons. The van der Waals surface area contributed by atoms with Crippen LogP contribution in [-0.2, 0) is 16.0 Å². The molecule has 1 aromatic rings. The van der Waals surface area contributed by atoms with Crippen LogP contribution in [0, 0.1) is 0 Å². The first-order chi connectivity index (χ1) is 9.92. The number of benzene rings is 1.